The molecule has 11 heavy (non-hydrogen) atoms. The fraction of sp³-hybridized carbons (Fsp3) is 0.714. The summed E-state index contributed by atoms with van der Waals surface area (Å²) in [4.78, 5) is 21.1. The zero-order valence-electron chi connectivity index (χ0n) is 6.33. The molecule has 0 N–H and O–H groups in total. The zero-order valence-corrected chi connectivity index (χ0v) is 6.33. The van der Waals surface area contributed by atoms with Gasteiger partial charge in [-0.2, -0.15) is 0 Å². The summed E-state index contributed by atoms with van der Waals surface area (Å²) in [5.74, 6) is -0.755. The molecule has 0 radical (unpaired) electrons. The van der Waals surface area contributed by atoms with Gasteiger partial charge in [0.25, 0.3) is 0 Å². The van der Waals surface area contributed by atoms with E-state index >= 15 is 0 Å². The molecule has 1 heterocycles. The zero-order chi connectivity index (χ0) is 8.27. The van der Waals surface area contributed by atoms with Gasteiger partial charge in [-0.3, -0.25) is 4.79 Å². The topological polar surface area (TPSA) is 52.6 Å². The molecule has 1 aliphatic heterocycles. The van der Waals surface area contributed by atoms with Crippen LogP contribution in [0.4, 0.5) is 0 Å². The summed E-state index contributed by atoms with van der Waals surface area (Å²) in [5, 5.41) is 0. The normalized spacial score (nSPS) is 21.9. The lowest BCUT2D eigenvalue weighted by atomic mass is 10.2. The Hall–Kier alpha value is -1.06. The Balaban J connectivity index is 2.16. The van der Waals surface area contributed by atoms with E-state index in [1.54, 1.807) is 0 Å². The van der Waals surface area contributed by atoms with Gasteiger partial charge < -0.3 is 9.47 Å². The van der Waals surface area contributed by atoms with Crippen molar-refractivity contribution in [2.75, 3.05) is 6.61 Å². The summed E-state index contributed by atoms with van der Waals surface area (Å²) in [6, 6.07) is 0. The first-order valence-corrected chi connectivity index (χ1v) is 3.60. The predicted octanol–water partition coefficient (Wildman–Crippen LogP) is 0.255. The standard InChI is InChI=1S/C7H10O4/c1-2-3-10-7(9)5-4-6(8)11-5/h5H,2-4H2,1H3. The van der Waals surface area contributed by atoms with E-state index in [1.807, 2.05) is 6.92 Å². The van der Waals surface area contributed by atoms with Crippen LogP contribution in [0.25, 0.3) is 0 Å². The smallest absolute Gasteiger partial charge is 0.348 e. The highest BCUT2D eigenvalue weighted by Crippen LogP contribution is 2.14. The lowest BCUT2D eigenvalue weighted by Gasteiger charge is -2.22. The number of carbonyl (C=O) groups is 2. The van der Waals surface area contributed by atoms with Gasteiger partial charge in [0, 0.05) is 0 Å². The van der Waals surface area contributed by atoms with Crippen LogP contribution in [0.15, 0.2) is 0 Å². The summed E-state index contributed by atoms with van der Waals surface area (Å²) in [6.07, 6.45) is 0.323. The minimum atomic E-state index is -0.631. The highest BCUT2D eigenvalue weighted by molar-refractivity contribution is 5.89. The molecule has 1 saturated heterocycles. The second kappa shape index (κ2) is 3.37. The molecule has 1 atom stereocenters. The van der Waals surface area contributed by atoms with Crippen molar-refractivity contribution in [2.45, 2.75) is 25.9 Å². The monoisotopic (exact) mass is 158 g/mol. The van der Waals surface area contributed by atoms with E-state index in [0.29, 0.717) is 6.61 Å². The van der Waals surface area contributed by atoms with Gasteiger partial charge in [0.1, 0.15) is 0 Å². The fourth-order valence-corrected chi connectivity index (χ4v) is 0.727. The highest BCUT2D eigenvalue weighted by Gasteiger charge is 2.36. The summed E-state index contributed by atoms with van der Waals surface area (Å²) in [5.41, 5.74) is 0. The summed E-state index contributed by atoms with van der Waals surface area (Å²) in [6.45, 7) is 2.30. The molecule has 0 spiro atoms. The molecule has 1 unspecified atom stereocenters. The maximum absolute atomic E-state index is 10.8. The Morgan fingerprint density at radius 1 is 1.82 bits per heavy atom. The van der Waals surface area contributed by atoms with Crippen LogP contribution in [-0.2, 0) is 19.1 Å². The lowest BCUT2D eigenvalue weighted by Crippen LogP contribution is -2.40. The van der Waals surface area contributed by atoms with E-state index in [0.717, 1.165) is 6.42 Å². The SMILES string of the molecule is CCCOC(=O)C1CC(=O)O1. The van der Waals surface area contributed by atoms with E-state index in [1.165, 1.54) is 0 Å². The van der Waals surface area contributed by atoms with Crippen molar-refractivity contribution < 1.29 is 19.1 Å². The van der Waals surface area contributed by atoms with E-state index in [2.05, 4.69) is 4.74 Å². The number of ether oxygens (including phenoxy) is 2. The average molecular weight is 158 g/mol. The minimum Gasteiger partial charge on any atom is -0.463 e. The van der Waals surface area contributed by atoms with Crippen molar-refractivity contribution in [2.24, 2.45) is 0 Å². The summed E-state index contributed by atoms with van der Waals surface area (Å²) >= 11 is 0. The summed E-state index contributed by atoms with van der Waals surface area (Å²) < 4.78 is 9.21. The van der Waals surface area contributed by atoms with Crippen LogP contribution in [-0.4, -0.2) is 24.6 Å². The van der Waals surface area contributed by atoms with Gasteiger partial charge in [-0.1, -0.05) is 6.92 Å². The first kappa shape index (κ1) is 8.04. The predicted molar refractivity (Wildman–Crippen MR) is 35.7 cm³/mol. The lowest BCUT2D eigenvalue weighted by molar-refractivity contribution is -0.185. The van der Waals surface area contributed by atoms with Gasteiger partial charge in [-0.15, -0.1) is 0 Å². The van der Waals surface area contributed by atoms with Crippen LogP contribution in [0.5, 0.6) is 0 Å². The maximum Gasteiger partial charge on any atom is 0.348 e. The van der Waals surface area contributed by atoms with E-state index in [9.17, 15) is 9.59 Å². The van der Waals surface area contributed by atoms with Gasteiger partial charge in [-0.25, -0.2) is 4.79 Å². The molecule has 62 valence electrons. The third kappa shape index (κ3) is 1.93. The van der Waals surface area contributed by atoms with Gasteiger partial charge in [0.05, 0.1) is 13.0 Å². The highest BCUT2D eigenvalue weighted by atomic mass is 16.6. The van der Waals surface area contributed by atoms with Crippen molar-refractivity contribution in [3.05, 3.63) is 0 Å². The number of rotatable bonds is 3. The van der Waals surface area contributed by atoms with Crippen LogP contribution in [0, 0.1) is 0 Å². The second-order valence-corrected chi connectivity index (χ2v) is 2.35. The largest absolute Gasteiger partial charge is 0.463 e. The number of hydrogen-bond donors (Lipinski definition) is 0. The first-order chi connectivity index (χ1) is 5.24. The molecule has 0 aliphatic carbocycles. The first-order valence-electron chi connectivity index (χ1n) is 3.60. The van der Waals surface area contributed by atoms with Gasteiger partial charge in [0.2, 0.25) is 6.10 Å². The van der Waals surface area contributed by atoms with Crippen molar-refractivity contribution in [1.29, 1.82) is 0 Å². The van der Waals surface area contributed by atoms with Gasteiger partial charge >= 0.3 is 11.9 Å². The molecule has 4 heteroatoms. The molecule has 1 aliphatic rings. The molecule has 0 aromatic heterocycles. The van der Waals surface area contributed by atoms with Gasteiger partial charge in [0.15, 0.2) is 0 Å². The molecular weight excluding hydrogens is 148 g/mol. The number of carbonyl (C=O) groups excluding carboxylic acids is 2. The van der Waals surface area contributed by atoms with Crippen LogP contribution in [0.3, 0.4) is 0 Å². The van der Waals surface area contributed by atoms with Crippen LogP contribution >= 0.6 is 0 Å². The van der Waals surface area contributed by atoms with E-state index in [4.69, 9.17) is 4.74 Å². The third-order valence-corrected chi connectivity index (χ3v) is 1.34. The van der Waals surface area contributed by atoms with Crippen molar-refractivity contribution in [1.82, 2.24) is 0 Å². The molecule has 0 amide bonds. The van der Waals surface area contributed by atoms with Crippen molar-refractivity contribution >= 4 is 11.9 Å². The van der Waals surface area contributed by atoms with Gasteiger partial charge in [-0.05, 0) is 6.42 Å². The third-order valence-electron chi connectivity index (χ3n) is 1.34. The molecule has 1 rings (SSSR count). The summed E-state index contributed by atoms with van der Waals surface area (Å²) in [7, 11) is 0. The molecule has 4 nitrogen and oxygen atoms in total. The van der Waals surface area contributed by atoms with Crippen LogP contribution < -0.4 is 0 Å². The number of cyclic esters (lactones) is 1. The molecule has 0 saturated carbocycles. The number of esters is 2. The number of hydrogen-bond acceptors (Lipinski definition) is 4. The Morgan fingerprint density at radius 2 is 2.45 bits per heavy atom. The van der Waals surface area contributed by atoms with Crippen molar-refractivity contribution in [3.8, 4) is 0 Å². The molecule has 0 bridgehead atoms. The minimum absolute atomic E-state index is 0.169. The Labute approximate surface area is 64.5 Å². The fourth-order valence-electron chi connectivity index (χ4n) is 0.727. The van der Waals surface area contributed by atoms with Crippen LogP contribution in [0.1, 0.15) is 19.8 Å². The molecule has 0 aromatic carbocycles. The van der Waals surface area contributed by atoms with Crippen molar-refractivity contribution in [3.63, 3.8) is 0 Å². The Bertz CT molecular complexity index is 167. The average Bonchev–Trinajstić information content (AvgIpc) is 1.94. The van der Waals surface area contributed by atoms with E-state index in [-0.39, 0.29) is 12.4 Å². The Morgan fingerprint density at radius 3 is 2.91 bits per heavy atom. The second-order valence-electron chi connectivity index (χ2n) is 2.35. The quantitative estimate of drug-likeness (QED) is 0.552. The molecular formula is C7H10O4. The molecule has 1 fully saturated rings. The van der Waals surface area contributed by atoms with Crippen LogP contribution in [0.2, 0.25) is 0 Å². The van der Waals surface area contributed by atoms with E-state index < -0.39 is 12.1 Å². The Kier molecular flexibility index (Phi) is 2.46. The maximum atomic E-state index is 10.8. The molecule has 0 aromatic rings.